The Morgan fingerprint density at radius 2 is 1.97 bits per heavy atom. The van der Waals surface area contributed by atoms with E-state index < -0.39 is 18.5 Å². The summed E-state index contributed by atoms with van der Waals surface area (Å²) in [6, 6.07) is 13.1. The fourth-order valence-corrected chi connectivity index (χ4v) is 2.47. The number of hydrogen-bond donors (Lipinski definition) is 1. The molecular formula is C21H16ClN3O5. The molecule has 0 atom stereocenters. The number of nitrogens with one attached hydrogen (secondary N) is 1. The van der Waals surface area contributed by atoms with Crippen LogP contribution in [0.1, 0.15) is 11.1 Å². The van der Waals surface area contributed by atoms with Gasteiger partial charge in [0.05, 0.1) is 17.7 Å². The van der Waals surface area contributed by atoms with Gasteiger partial charge in [-0.3, -0.25) is 4.79 Å². The molecule has 2 aromatic rings. The van der Waals surface area contributed by atoms with Gasteiger partial charge in [-0.15, -0.1) is 0 Å². The highest BCUT2D eigenvalue weighted by molar-refractivity contribution is 6.32. The van der Waals surface area contributed by atoms with Crippen LogP contribution in [0.4, 0.5) is 5.69 Å². The van der Waals surface area contributed by atoms with Gasteiger partial charge < -0.3 is 19.5 Å². The molecule has 0 radical (unpaired) electrons. The van der Waals surface area contributed by atoms with Crippen LogP contribution in [0.25, 0.3) is 6.08 Å². The topological polar surface area (TPSA) is 121 Å². The van der Waals surface area contributed by atoms with E-state index in [1.807, 2.05) is 12.1 Å². The number of benzene rings is 2. The molecule has 0 aliphatic carbocycles. The van der Waals surface area contributed by atoms with Crippen LogP contribution in [-0.4, -0.2) is 32.2 Å². The van der Waals surface area contributed by atoms with E-state index in [1.54, 1.807) is 18.2 Å². The largest absolute Gasteiger partial charge is 0.493 e. The van der Waals surface area contributed by atoms with Crippen LogP contribution in [0.15, 0.2) is 42.5 Å². The Kier molecular flexibility index (Phi) is 8.25. The average molecular weight is 426 g/mol. The van der Waals surface area contributed by atoms with Crippen LogP contribution >= 0.6 is 11.6 Å². The number of methoxy groups -OCH3 is 1. The van der Waals surface area contributed by atoms with E-state index >= 15 is 0 Å². The maximum atomic E-state index is 11.9. The summed E-state index contributed by atoms with van der Waals surface area (Å²) in [5.74, 6) is -0.468. The minimum atomic E-state index is -0.716. The molecular weight excluding hydrogens is 410 g/mol. The van der Waals surface area contributed by atoms with Gasteiger partial charge in [0, 0.05) is 11.8 Å². The SMILES string of the molecule is COc1cc(/C=C/C(=O)OCC(=O)Nc2ccc(C#N)c(Cl)c2)ccc1OCC#N. The van der Waals surface area contributed by atoms with Gasteiger partial charge in [-0.25, -0.2) is 4.79 Å². The monoisotopic (exact) mass is 425 g/mol. The maximum absolute atomic E-state index is 11.9. The summed E-state index contributed by atoms with van der Waals surface area (Å²) in [7, 11) is 1.45. The van der Waals surface area contributed by atoms with Crippen LogP contribution in [0.5, 0.6) is 11.5 Å². The number of nitriles is 2. The lowest BCUT2D eigenvalue weighted by molar-refractivity contribution is -0.142. The minimum absolute atomic E-state index is 0.116. The molecule has 0 aliphatic rings. The van der Waals surface area contributed by atoms with Crippen molar-refractivity contribution in [1.82, 2.24) is 0 Å². The highest BCUT2D eigenvalue weighted by atomic mass is 35.5. The Balaban J connectivity index is 1.88. The van der Waals surface area contributed by atoms with Crippen molar-refractivity contribution in [1.29, 1.82) is 10.5 Å². The number of hydrogen-bond acceptors (Lipinski definition) is 7. The van der Waals surface area contributed by atoms with Crippen molar-refractivity contribution in [2.75, 3.05) is 25.6 Å². The molecule has 2 aromatic carbocycles. The minimum Gasteiger partial charge on any atom is -0.493 e. The Hall–Kier alpha value is -4.01. The van der Waals surface area contributed by atoms with E-state index in [2.05, 4.69) is 5.32 Å². The van der Waals surface area contributed by atoms with Gasteiger partial charge in [-0.05, 0) is 42.0 Å². The molecule has 0 saturated heterocycles. The summed E-state index contributed by atoms with van der Waals surface area (Å²) < 4.78 is 15.3. The molecule has 0 saturated carbocycles. The number of amides is 1. The van der Waals surface area contributed by atoms with Crippen molar-refractivity contribution >= 4 is 35.2 Å². The van der Waals surface area contributed by atoms with Gasteiger partial charge in [0.25, 0.3) is 5.91 Å². The van der Waals surface area contributed by atoms with Gasteiger partial charge in [0.2, 0.25) is 0 Å². The summed E-state index contributed by atoms with van der Waals surface area (Å²) in [6.07, 6.45) is 2.65. The van der Waals surface area contributed by atoms with Crippen LogP contribution in [0, 0.1) is 22.7 Å². The van der Waals surface area contributed by atoms with E-state index in [0.717, 1.165) is 6.08 Å². The molecule has 0 unspecified atom stereocenters. The van der Waals surface area contributed by atoms with Crippen molar-refractivity contribution in [2.24, 2.45) is 0 Å². The standard InChI is InChI=1S/C21H16ClN3O5/c1-28-19-10-14(2-6-18(19)29-9-8-23)3-7-21(27)30-13-20(26)25-16-5-4-15(12-24)17(22)11-16/h2-7,10-11H,9,13H2,1H3,(H,25,26)/b7-3+. The summed E-state index contributed by atoms with van der Waals surface area (Å²) in [4.78, 5) is 23.7. The number of halogens is 1. The Bertz CT molecular complexity index is 1050. The van der Waals surface area contributed by atoms with Gasteiger partial charge in [0.1, 0.15) is 12.1 Å². The predicted octanol–water partition coefficient (Wildman–Crippen LogP) is 3.32. The summed E-state index contributed by atoms with van der Waals surface area (Å²) in [5, 5.41) is 20.1. The van der Waals surface area contributed by atoms with Gasteiger partial charge in [-0.1, -0.05) is 17.7 Å². The quantitative estimate of drug-likeness (QED) is 0.508. The zero-order valence-electron chi connectivity index (χ0n) is 15.8. The van der Waals surface area contributed by atoms with Crippen molar-refractivity contribution in [3.8, 4) is 23.6 Å². The van der Waals surface area contributed by atoms with Crippen LogP contribution in [-0.2, 0) is 14.3 Å². The van der Waals surface area contributed by atoms with Gasteiger partial charge in [-0.2, -0.15) is 10.5 Å². The highest BCUT2D eigenvalue weighted by Gasteiger charge is 2.08. The van der Waals surface area contributed by atoms with E-state index in [9.17, 15) is 9.59 Å². The number of carbonyl (C=O) groups excluding carboxylic acids is 2. The average Bonchev–Trinajstić information content (AvgIpc) is 2.75. The number of esters is 1. The molecule has 2 rings (SSSR count). The second-order valence-corrected chi connectivity index (χ2v) is 6.06. The maximum Gasteiger partial charge on any atom is 0.331 e. The fraction of sp³-hybridized carbons (Fsp3) is 0.143. The van der Waals surface area contributed by atoms with Crippen LogP contribution < -0.4 is 14.8 Å². The third-order valence-electron chi connectivity index (χ3n) is 3.61. The third-order valence-corrected chi connectivity index (χ3v) is 3.92. The summed E-state index contributed by atoms with van der Waals surface area (Å²) >= 11 is 5.90. The van der Waals surface area contributed by atoms with Crippen molar-refractivity contribution in [2.45, 2.75) is 0 Å². The molecule has 30 heavy (non-hydrogen) atoms. The number of anilines is 1. The molecule has 1 N–H and O–H groups in total. The summed E-state index contributed by atoms with van der Waals surface area (Å²) in [6.45, 7) is -0.611. The van der Waals surface area contributed by atoms with Gasteiger partial charge in [0.15, 0.2) is 24.7 Å². The zero-order chi connectivity index (χ0) is 21.9. The lowest BCUT2D eigenvalue weighted by atomic mass is 10.2. The Morgan fingerprint density at radius 3 is 2.63 bits per heavy atom. The first kappa shape index (κ1) is 22.3. The molecule has 8 nitrogen and oxygen atoms in total. The lowest BCUT2D eigenvalue weighted by Gasteiger charge is -2.08. The number of ether oxygens (including phenoxy) is 3. The molecule has 0 spiro atoms. The smallest absolute Gasteiger partial charge is 0.331 e. The van der Waals surface area contributed by atoms with Crippen LogP contribution in [0.2, 0.25) is 5.02 Å². The van der Waals surface area contributed by atoms with Crippen LogP contribution in [0.3, 0.4) is 0 Å². The molecule has 0 heterocycles. The fourth-order valence-electron chi connectivity index (χ4n) is 2.25. The second-order valence-electron chi connectivity index (χ2n) is 5.65. The number of nitrogens with zero attached hydrogens (tertiary/aromatic N) is 2. The van der Waals surface area contributed by atoms with E-state index in [-0.39, 0.29) is 17.2 Å². The Labute approximate surface area is 177 Å². The third kappa shape index (κ3) is 6.55. The first-order chi connectivity index (χ1) is 14.5. The van der Waals surface area contributed by atoms with E-state index in [1.165, 1.54) is 31.4 Å². The van der Waals surface area contributed by atoms with Crippen molar-refractivity contribution < 1.29 is 23.8 Å². The van der Waals surface area contributed by atoms with E-state index in [4.69, 9.17) is 36.3 Å². The molecule has 9 heteroatoms. The van der Waals surface area contributed by atoms with Crippen molar-refractivity contribution in [3.05, 3.63) is 58.6 Å². The second kappa shape index (κ2) is 11.1. The molecule has 0 bridgehead atoms. The summed E-state index contributed by atoms with van der Waals surface area (Å²) in [5.41, 5.74) is 1.29. The zero-order valence-corrected chi connectivity index (χ0v) is 16.6. The molecule has 0 fully saturated rings. The molecule has 1 amide bonds. The van der Waals surface area contributed by atoms with E-state index in [0.29, 0.717) is 22.7 Å². The van der Waals surface area contributed by atoms with Gasteiger partial charge >= 0.3 is 5.97 Å². The Morgan fingerprint density at radius 1 is 1.17 bits per heavy atom. The predicted molar refractivity (Wildman–Crippen MR) is 109 cm³/mol. The van der Waals surface area contributed by atoms with Crippen molar-refractivity contribution in [3.63, 3.8) is 0 Å². The number of rotatable bonds is 8. The first-order valence-corrected chi connectivity index (χ1v) is 8.86. The highest BCUT2D eigenvalue weighted by Crippen LogP contribution is 2.28. The molecule has 0 aromatic heterocycles. The first-order valence-electron chi connectivity index (χ1n) is 8.49. The molecule has 0 aliphatic heterocycles. The lowest BCUT2D eigenvalue weighted by Crippen LogP contribution is -2.20. The molecule has 152 valence electrons. The normalized spacial score (nSPS) is 10.0. The number of carbonyl (C=O) groups is 2.